The summed E-state index contributed by atoms with van der Waals surface area (Å²) in [5.41, 5.74) is 6.89. The molecule has 0 unspecified atom stereocenters. The van der Waals surface area contributed by atoms with Crippen LogP contribution in [0.5, 0.6) is 5.75 Å². The van der Waals surface area contributed by atoms with Crippen molar-refractivity contribution in [2.75, 3.05) is 6.61 Å². The number of benzene rings is 1. The molecule has 0 aliphatic heterocycles. The minimum Gasteiger partial charge on any atom is -0.493 e. The van der Waals surface area contributed by atoms with Crippen LogP contribution in [-0.2, 0) is 0 Å². The zero-order valence-corrected chi connectivity index (χ0v) is 11.6. The monoisotopic (exact) mass is 255 g/mol. The molecule has 2 N–H and O–H groups in total. The molecular weight excluding hydrogens is 234 g/mol. The summed E-state index contributed by atoms with van der Waals surface area (Å²) in [6.07, 6.45) is 2.27. The van der Waals surface area contributed by atoms with Gasteiger partial charge in [0, 0.05) is 16.6 Å². The van der Waals surface area contributed by atoms with E-state index < -0.39 is 0 Å². The lowest BCUT2D eigenvalue weighted by molar-refractivity contribution is 0.238. The Balaban J connectivity index is 2.76. The minimum absolute atomic E-state index is 0.0644. The first kappa shape index (κ1) is 14.3. The lowest BCUT2D eigenvalue weighted by Crippen LogP contribution is -2.13. The number of rotatable bonds is 6. The zero-order valence-electron chi connectivity index (χ0n) is 10.9. The summed E-state index contributed by atoms with van der Waals surface area (Å²) < 4.78 is 5.86. The van der Waals surface area contributed by atoms with Crippen molar-refractivity contribution in [1.29, 1.82) is 0 Å². The Kier molecular flexibility index (Phi) is 5.79. The lowest BCUT2D eigenvalue weighted by atomic mass is 10.0. The topological polar surface area (TPSA) is 35.2 Å². The number of hydrogen-bond acceptors (Lipinski definition) is 2. The van der Waals surface area contributed by atoms with E-state index >= 15 is 0 Å². The van der Waals surface area contributed by atoms with Gasteiger partial charge in [0.1, 0.15) is 5.75 Å². The number of ether oxygens (including phenoxy) is 1. The van der Waals surface area contributed by atoms with Crippen molar-refractivity contribution in [2.45, 2.75) is 39.7 Å². The van der Waals surface area contributed by atoms with Gasteiger partial charge in [0.25, 0.3) is 0 Å². The Bertz CT molecular complexity index is 348. The SMILES string of the molecule is CCC(CC)COc1ccc(Cl)cc1[C@@H](C)N. The second kappa shape index (κ2) is 6.87. The Hall–Kier alpha value is -0.730. The maximum atomic E-state index is 5.97. The molecule has 0 heterocycles. The quantitative estimate of drug-likeness (QED) is 0.828. The molecule has 1 aromatic rings. The molecule has 0 bridgehead atoms. The second-order valence-corrected chi connectivity index (χ2v) is 4.90. The molecular formula is C14H22ClNO. The molecule has 0 saturated heterocycles. The number of hydrogen-bond donors (Lipinski definition) is 1. The van der Waals surface area contributed by atoms with E-state index in [4.69, 9.17) is 22.1 Å². The van der Waals surface area contributed by atoms with E-state index in [0.29, 0.717) is 10.9 Å². The molecule has 1 rings (SSSR count). The first-order chi connectivity index (χ1) is 8.08. The molecule has 0 spiro atoms. The lowest BCUT2D eigenvalue weighted by Gasteiger charge is -2.18. The highest BCUT2D eigenvalue weighted by Crippen LogP contribution is 2.28. The first-order valence-electron chi connectivity index (χ1n) is 6.26. The van der Waals surface area contributed by atoms with Crippen LogP contribution >= 0.6 is 11.6 Å². The van der Waals surface area contributed by atoms with Gasteiger partial charge in [0.15, 0.2) is 0 Å². The van der Waals surface area contributed by atoms with Crippen LogP contribution in [0.15, 0.2) is 18.2 Å². The summed E-state index contributed by atoms with van der Waals surface area (Å²) in [5, 5.41) is 0.701. The fraction of sp³-hybridized carbons (Fsp3) is 0.571. The largest absolute Gasteiger partial charge is 0.493 e. The molecule has 1 aromatic carbocycles. The van der Waals surface area contributed by atoms with Gasteiger partial charge >= 0.3 is 0 Å². The second-order valence-electron chi connectivity index (χ2n) is 4.46. The van der Waals surface area contributed by atoms with Gasteiger partial charge in [-0.15, -0.1) is 0 Å². The molecule has 0 fully saturated rings. The summed E-state index contributed by atoms with van der Waals surface area (Å²) in [4.78, 5) is 0. The van der Waals surface area contributed by atoms with E-state index in [-0.39, 0.29) is 6.04 Å². The number of nitrogens with two attached hydrogens (primary N) is 1. The van der Waals surface area contributed by atoms with Crippen molar-refractivity contribution < 1.29 is 4.74 Å². The van der Waals surface area contributed by atoms with Crippen LogP contribution in [0.1, 0.15) is 45.2 Å². The average molecular weight is 256 g/mol. The third kappa shape index (κ3) is 4.21. The number of halogens is 1. The van der Waals surface area contributed by atoms with Crippen molar-refractivity contribution in [1.82, 2.24) is 0 Å². The van der Waals surface area contributed by atoms with E-state index in [1.807, 2.05) is 25.1 Å². The van der Waals surface area contributed by atoms with Crippen molar-refractivity contribution in [3.63, 3.8) is 0 Å². The third-order valence-corrected chi connectivity index (χ3v) is 3.33. The molecule has 0 amide bonds. The van der Waals surface area contributed by atoms with E-state index in [9.17, 15) is 0 Å². The van der Waals surface area contributed by atoms with Crippen LogP contribution in [0.25, 0.3) is 0 Å². The highest BCUT2D eigenvalue weighted by molar-refractivity contribution is 6.30. The normalized spacial score (nSPS) is 12.8. The molecule has 1 atom stereocenters. The van der Waals surface area contributed by atoms with E-state index in [2.05, 4.69) is 13.8 Å². The predicted octanol–water partition coefficient (Wildman–Crippen LogP) is 4.17. The molecule has 0 aliphatic rings. The van der Waals surface area contributed by atoms with Crippen molar-refractivity contribution in [3.8, 4) is 5.75 Å². The van der Waals surface area contributed by atoms with E-state index in [1.165, 1.54) is 0 Å². The molecule has 0 saturated carbocycles. The summed E-state index contributed by atoms with van der Waals surface area (Å²) in [6, 6.07) is 5.57. The zero-order chi connectivity index (χ0) is 12.8. The molecule has 0 aromatic heterocycles. The average Bonchev–Trinajstić information content (AvgIpc) is 2.31. The Labute approximate surface area is 109 Å². The van der Waals surface area contributed by atoms with Gasteiger partial charge < -0.3 is 10.5 Å². The van der Waals surface area contributed by atoms with Crippen LogP contribution < -0.4 is 10.5 Å². The van der Waals surface area contributed by atoms with Crippen molar-refractivity contribution in [3.05, 3.63) is 28.8 Å². The van der Waals surface area contributed by atoms with Gasteiger partial charge in [-0.05, 0) is 31.0 Å². The van der Waals surface area contributed by atoms with Crippen molar-refractivity contribution >= 4 is 11.6 Å². The van der Waals surface area contributed by atoms with Gasteiger partial charge in [-0.1, -0.05) is 38.3 Å². The van der Waals surface area contributed by atoms with Crippen LogP contribution in [0.3, 0.4) is 0 Å². The van der Waals surface area contributed by atoms with Crippen LogP contribution in [0.4, 0.5) is 0 Å². The standard InChI is InChI=1S/C14H22ClNO/c1-4-11(5-2)9-17-14-7-6-12(15)8-13(14)10(3)16/h6-8,10-11H,4-5,9,16H2,1-3H3/t10-/m1/s1. The van der Waals surface area contributed by atoms with Crippen LogP contribution in [-0.4, -0.2) is 6.61 Å². The fourth-order valence-corrected chi connectivity index (χ4v) is 1.92. The Morgan fingerprint density at radius 3 is 2.47 bits per heavy atom. The smallest absolute Gasteiger partial charge is 0.124 e. The molecule has 17 heavy (non-hydrogen) atoms. The van der Waals surface area contributed by atoms with E-state index in [0.717, 1.165) is 30.8 Å². The van der Waals surface area contributed by atoms with E-state index in [1.54, 1.807) is 0 Å². The third-order valence-electron chi connectivity index (χ3n) is 3.09. The van der Waals surface area contributed by atoms with Gasteiger partial charge in [-0.3, -0.25) is 0 Å². The summed E-state index contributed by atoms with van der Waals surface area (Å²) in [5.74, 6) is 1.46. The van der Waals surface area contributed by atoms with Gasteiger partial charge in [-0.25, -0.2) is 0 Å². The summed E-state index contributed by atoms with van der Waals surface area (Å²) in [7, 11) is 0. The molecule has 3 heteroatoms. The molecule has 96 valence electrons. The highest BCUT2D eigenvalue weighted by atomic mass is 35.5. The fourth-order valence-electron chi connectivity index (χ4n) is 1.74. The minimum atomic E-state index is -0.0644. The summed E-state index contributed by atoms with van der Waals surface area (Å²) in [6.45, 7) is 7.06. The maximum absolute atomic E-state index is 5.97. The van der Waals surface area contributed by atoms with Gasteiger partial charge in [0.05, 0.1) is 6.61 Å². The van der Waals surface area contributed by atoms with Gasteiger partial charge in [-0.2, -0.15) is 0 Å². The highest BCUT2D eigenvalue weighted by Gasteiger charge is 2.11. The van der Waals surface area contributed by atoms with Crippen LogP contribution in [0, 0.1) is 5.92 Å². The Morgan fingerprint density at radius 2 is 1.94 bits per heavy atom. The molecule has 0 aliphatic carbocycles. The molecule has 0 radical (unpaired) electrons. The summed E-state index contributed by atoms with van der Waals surface area (Å²) >= 11 is 5.97. The maximum Gasteiger partial charge on any atom is 0.124 e. The van der Waals surface area contributed by atoms with Crippen molar-refractivity contribution in [2.24, 2.45) is 11.7 Å². The molecule has 2 nitrogen and oxygen atoms in total. The van der Waals surface area contributed by atoms with Crippen LogP contribution in [0.2, 0.25) is 5.02 Å². The van der Waals surface area contributed by atoms with Gasteiger partial charge in [0.2, 0.25) is 0 Å². The Morgan fingerprint density at radius 1 is 1.29 bits per heavy atom. The first-order valence-corrected chi connectivity index (χ1v) is 6.64. The predicted molar refractivity (Wildman–Crippen MR) is 73.6 cm³/mol.